The fourth-order valence-electron chi connectivity index (χ4n) is 2.12. The molecule has 0 radical (unpaired) electrons. The summed E-state index contributed by atoms with van der Waals surface area (Å²) in [5, 5.41) is 10.3. The van der Waals surface area contributed by atoms with Crippen molar-refractivity contribution in [3.63, 3.8) is 0 Å². The Balaban J connectivity index is 1.93. The summed E-state index contributed by atoms with van der Waals surface area (Å²) >= 11 is 0. The van der Waals surface area contributed by atoms with Crippen molar-refractivity contribution < 1.29 is 14.6 Å². The molecule has 1 aromatic heterocycles. The maximum Gasteiger partial charge on any atom is 0.349 e. The van der Waals surface area contributed by atoms with Crippen molar-refractivity contribution in [2.24, 2.45) is 0 Å². The Hall–Kier alpha value is -2.88. The Labute approximate surface area is 121 Å². The molecule has 104 valence electrons. The van der Waals surface area contributed by atoms with Crippen LogP contribution >= 0.6 is 0 Å². The fraction of sp³-hybridized carbons (Fsp3) is 0.0588. The van der Waals surface area contributed by atoms with Crippen molar-refractivity contribution in [3.05, 3.63) is 72.3 Å². The van der Waals surface area contributed by atoms with E-state index in [-0.39, 0.29) is 0 Å². The Morgan fingerprint density at radius 2 is 1.67 bits per heavy atom. The third kappa shape index (κ3) is 2.84. The van der Waals surface area contributed by atoms with Crippen LogP contribution in [-0.4, -0.2) is 16.1 Å². The number of fused-ring (bicyclic) bond motifs is 1. The zero-order valence-corrected chi connectivity index (χ0v) is 11.1. The smallest absolute Gasteiger partial charge is 0.349 e. The van der Waals surface area contributed by atoms with Crippen molar-refractivity contribution in [3.8, 4) is 5.88 Å². The number of aliphatic carboxylic acids is 1. The zero-order valence-electron chi connectivity index (χ0n) is 11.1. The molecule has 4 nitrogen and oxygen atoms in total. The number of ether oxygens (including phenoxy) is 1. The second kappa shape index (κ2) is 5.63. The number of rotatable bonds is 4. The average Bonchev–Trinajstić information content (AvgIpc) is 2.53. The van der Waals surface area contributed by atoms with E-state index in [1.807, 2.05) is 36.4 Å². The Morgan fingerprint density at radius 1 is 0.952 bits per heavy atom. The summed E-state index contributed by atoms with van der Waals surface area (Å²) in [6.07, 6.45) is -1.07. The SMILES string of the molecule is O=C(O)C(Oc1ccc2ccccc2n1)c1ccccc1. The summed E-state index contributed by atoms with van der Waals surface area (Å²) < 4.78 is 5.56. The molecule has 0 aliphatic carbocycles. The van der Waals surface area contributed by atoms with Gasteiger partial charge in [0.25, 0.3) is 0 Å². The summed E-state index contributed by atoms with van der Waals surface area (Å²) in [6, 6.07) is 20.0. The number of nitrogens with zero attached hydrogens (tertiary/aromatic N) is 1. The van der Waals surface area contributed by atoms with Gasteiger partial charge < -0.3 is 9.84 Å². The van der Waals surface area contributed by atoms with Gasteiger partial charge in [-0.3, -0.25) is 0 Å². The van der Waals surface area contributed by atoms with Gasteiger partial charge in [0.1, 0.15) is 0 Å². The summed E-state index contributed by atoms with van der Waals surface area (Å²) in [4.78, 5) is 15.8. The standard InChI is InChI=1S/C17H13NO3/c19-17(20)16(13-7-2-1-3-8-13)21-15-11-10-12-6-4-5-9-14(12)18-15/h1-11,16H,(H,19,20). The van der Waals surface area contributed by atoms with Gasteiger partial charge in [-0.15, -0.1) is 0 Å². The van der Waals surface area contributed by atoms with E-state index in [1.165, 1.54) is 0 Å². The van der Waals surface area contributed by atoms with E-state index >= 15 is 0 Å². The van der Waals surface area contributed by atoms with Crippen molar-refractivity contribution in [2.75, 3.05) is 0 Å². The Morgan fingerprint density at radius 3 is 2.43 bits per heavy atom. The van der Waals surface area contributed by atoms with Gasteiger partial charge in [0, 0.05) is 17.0 Å². The molecule has 21 heavy (non-hydrogen) atoms. The monoisotopic (exact) mass is 279 g/mol. The molecule has 1 atom stereocenters. The maximum absolute atomic E-state index is 11.4. The molecule has 0 aliphatic heterocycles. The van der Waals surface area contributed by atoms with Gasteiger partial charge >= 0.3 is 5.97 Å². The van der Waals surface area contributed by atoms with Gasteiger partial charge in [0.05, 0.1) is 5.52 Å². The average molecular weight is 279 g/mol. The number of carboxylic acid groups (broad SMARTS) is 1. The third-order valence-corrected chi connectivity index (χ3v) is 3.14. The van der Waals surface area contributed by atoms with E-state index in [0.29, 0.717) is 11.4 Å². The van der Waals surface area contributed by atoms with Crippen molar-refractivity contribution in [1.82, 2.24) is 4.98 Å². The lowest BCUT2D eigenvalue weighted by Crippen LogP contribution is -2.18. The molecule has 1 N–H and O–H groups in total. The first-order chi connectivity index (χ1) is 10.2. The van der Waals surface area contributed by atoms with Gasteiger partial charge in [0.2, 0.25) is 12.0 Å². The van der Waals surface area contributed by atoms with Crippen molar-refractivity contribution in [2.45, 2.75) is 6.10 Å². The van der Waals surface area contributed by atoms with Crippen LogP contribution in [0.3, 0.4) is 0 Å². The molecule has 1 heterocycles. The van der Waals surface area contributed by atoms with E-state index in [9.17, 15) is 9.90 Å². The summed E-state index contributed by atoms with van der Waals surface area (Å²) in [6.45, 7) is 0. The molecule has 4 heteroatoms. The second-order valence-corrected chi connectivity index (χ2v) is 4.59. The lowest BCUT2D eigenvalue weighted by molar-refractivity contribution is -0.145. The molecule has 1 unspecified atom stereocenters. The highest BCUT2D eigenvalue weighted by molar-refractivity contribution is 5.79. The maximum atomic E-state index is 11.4. The van der Waals surface area contributed by atoms with Crippen LogP contribution in [0.1, 0.15) is 11.7 Å². The van der Waals surface area contributed by atoms with Crippen molar-refractivity contribution in [1.29, 1.82) is 0 Å². The van der Waals surface area contributed by atoms with Crippen LogP contribution in [0.15, 0.2) is 66.7 Å². The largest absolute Gasteiger partial charge is 0.478 e. The molecule has 0 bridgehead atoms. The molecule has 0 spiro atoms. The third-order valence-electron chi connectivity index (χ3n) is 3.14. The van der Waals surface area contributed by atoms with Crippen LogP contribution in [-0.2, 0) is 4.79 Å². The summed E-state index contributed by atoms with van der Waals surface area (Å²) in [7, 11) is 0. The lowest BCUT2D eigenvalue weighted by Gasteiger charge is -2.14. The molecule has 0 saturated carbocycles. The molecule has 0 aliphatic rings. The minimum atomic E-state index is -1.07. The number of para-hydroxylation sites is 1. The second-order valence-electron chi connectivity index (χ2n) is 4.59. The Bertz CT molecular complexity index is 771. The number of benzene rings is 2. The number of hydrogen-bond donors (Lipinski definition) is 1. The van der Waals surface area contributed by atoms with E-state index in [0.717, 1.165) is 10.9 Å². The highest BCUT2D eigenvalue weighted by Crippen LogP contribution is 2.23. The first kappa shape index (κ1) is 13.1. The van der Waals surface area contributed by atoms with Crippen LogP contribution in [0.4, 0.5) is 0 Å². The van der Waals surface area contributed by atoms with Gasteiger partial charge in [-0.2, -0.15) is 0 Å². The van der Waals surface area contributed by atoms with Gasteiger partial charge in [-0.1, -0.05) is 48.5 Å². The number of carbonyl (C=O) groups is 1. The number of pyridine rings is 1. The predicted molar refractivity (Wildman–Crippen MR) is 79.2 cm³/mol. The van der Waals surface area contributed by atoms with Gasteiger partial charge in [-0.05, 0) is 12.1 Å². The topological polar surface area (TPSA) is 59.4 Å². The minimum Gasteiger partial charge on any atom is -0.478 e. The molecular weight excluding hydrogens is 266 g/mol. The first-order valence-corrected chi connectivity index (χ1v) is 6.54. The van der Waals surface area contributed by atoms with Crippen molar-refractivity contribution >= 4 is 16.9 Å². The summed E-state index contributed by atoms with van der Waals surface area (Å²) in [5.41, 5.74) is 1.35. The van der Waals surface area contributed by atoms with E-state index < -0.39 is 12.1 Å². The van der Waals surface area contributed by atoms with Gasteiger partial charge in [-0.25, -0.2) is 9.78 Å². The van der Waals surface area contributed by atoms with Crippen LogP contribution in [0, 0.1) is 0 Å². The van der Waals surface area contributed by atoms with E-state index in [2.05, 4.69) is 4.98 Å². The highest BCUT2D eigenvalue weighted by atomic mass is 16.5. The highest BCUT2D eigenvalue weighted by Gasteiger charge is 2.22. The molecule has 3 aromatic rings. The number of aromatic nitrogens is 1. The van der Waals surface area contributed by atoms with Crippen LogP contribution in [0.5, 0.6) is 5.88 Å². The van der Waals surface area contributed by atoms with E-state index in [4.69, 9.17) is 4.74 Å². The number of carboxylic acids is 1. The molecule has 0 fully saturated rings. The molecule has 2 aromatic carbocycles. The predicted octanol–water partition coefficient (Wildman–Crippen LogP) is 3.44. The Kier molecular flexibility index (Phi) is 3.51. The van der Waals surface area contributed by atoms with Crippen LogP contribution in [0.25, 0.3) is 10.9 Å². The quantitative estimate of drug-likeness (QED) is 0.794. The van der Waals surface area contributed by atoms with E-state index in [1.54, 1.807) is 30.3 Å². The lowest BCUT2D eigenvalue weighted by atomic mass is 10.1. The molecule has 3 rings (SSSR count). The molecule has 0 amide bonds. The minimum absolute atomic E-state index is 0.296. The van der Waals surface area contributed by atoms with Crippen LogP contribution in [0.2, 0.25) is 0 Å². The van der Waals surface area contributed by atoms with Gasteiger partial charge in [0.15, 0.2) is 0 Å². The first-order valence-electron chi connectivity index (χ1n) is 6.54. The zero-order chi connectivity index (χ0) is 14.7. The number of hydrogen-bond acceptors (Lipinski definition) is 3. The fourth-order valence-corrected chi connectivity index (χ4v) is 2.12. The van der Waals surface area contributed by atoms with Crippen LogP contribution < -0.4 is 4.74 Å². The molecular formula is C17H13NO3. The normalized spacial score (nSPS) is 12.0. The summed E-state index contributed by atoms with van der Waals surface area (Å²) in [5.74, 6) is -0.749. The molecule has 0 saturated heterocycles.